The molecule has 0 radical (unpaired) electrons. The lowest BCUT2D eigenvalue weighted by Crippen LogP contribution is -2.46. The van der Waals surface area contributed by atoms with Crippen LogP contribution < -0.4 is 5.32 Å². The summed E-state index contributed by atoms with van der Waals surface area (Å²) < 4.78 is 38.1. The van der Waals surface area contributed by atoms with Crippen LogP contribution in [0, 0.1) is 10.1 Å². The molecule has 6 nitrogen and oxygen atoms in total. The SMILES string of the molecule is CC(C)(CO)NC(=O)c1cc([N+](=O)[O-])cc(C(F)(F)F)c1. The molecule has 1 aromatic carbocycles. The van der Waals surface area contributed by atoms with Gasteiger partial charge in [0.05, 0.1) is 22.6 Å². The first-order valence-electron chi connectivity index (χ1n) is 5.76. The van der Waals surface area contributed by atoms with Gasteiger partial charge in [0, 0.05) is 17.7 Å². The molecule has 1 amide bonds. The molecule has 9 heteroatoms. The summed E-state index contributed by atoms with van der Waals surface area (Å²) in [6, 6.07) is 1.63. The van der Waals surface area contributed by atoms with Crippen LogP contribution >= 0.6 is 0 Å². The van der Waals surface area contributed by atoms with Crippen molar-refractivity contribution in [1.29, 1.82) is 0 Å². The molecule has 0 bridgehead atoms. The van der Waals surface area contributed by atoms with E-state index in [1.807, 2.05) is 0 Å². The number of carbonyl (C=O) groups is 1. The molecule has 0 aromatic heterocycles. The lowest BCUT2D eigenvalue weighted by atomic mass is 10.0. The number of hydrogen-bond acceptors (Lipinski definition) is 4. The minimum Gasteiger partial charge on any atom is -0.394 e. The number of nitro benzene ring substituents is 1. The van der Waals surface area contributed by atoms with Crippen molar-refractivity contribution in [3.8, 4) is 0 Å². The number of nitrogens with one attached hydrogen (secondary N) is 1. The number of carbonyl (C=O) groups excluding carboxylic acids is 1. The molecule has 1 aromatic rings. The molecule has 0 aliphatic heterocycles. The third-order valence-corrected chi connectivity index (χ3v) is 2.57. The van der Waals surface area contributed by atoms with Gasteiger partial charge in [-0.2, -0.15) is 13.2 Å². The highest BCUT2D eigenvalue weighted by Crippen LogP contribution is 2.32. The van der Waals surface area contributed by atoms with E-state index >= 15 is 0 Å². The van der Waals surface area contributed by atoms with Crippen LogP contribution in [0.5, 0.6) is 0 Å². The van der Waals surface area contributed by atoms with Crippen LogP contribution in [0.1, 0.15) is 29.8 Å². The summed E-state index contributed by atoms with van der Waals surface area (Å²) in [5.41, 5.74) is -3.70. The number of hydrogen-bond donors (Lipinski definition) is 2. The first-order valence-corrected chi connectivity index (χ1v) is 5.76. The lowest BCUT2D eigenvalue weighted by Gasteiger charge is -2.23. The fourth-order valence-electron chi connectivity index (χ4n) is 1.43. The number of halogens is 3. The molecule has 1 rings (SSSR count). The third kappa shape index (κ3) is 4.42. The number of alkyl halides is 3. The van der Waals surface area contributed by atoms with Gasteiger partial charge in [-0.15, -0.1) is 0 Å². The predicted octanol–water partition coefficient (Wildman–Crippen LogP) is 2.11. The van der Waals surface area contributed by atoms with Gasteiger partial charge >= 0.3 is 6.18 Å². The number of non-ortho nitro benzene ring substituents is 1. The molecular formula is C12H13F3N2O4. The second-order valence-electron chi connectivity index (χ2n) is 5.02. The summed E-state index contributed by atoms with van der Waals surface area (Å²) in [7, 11) is 0. The van der Waals surface area contributed by atoms with E-state index in [0.717, 1.165) is 6.07 Å². The number of amides is 1. The predicted molar refractivity (Wildman–Crippen MR) is 66.7 cm³/mol. The lowest BCUT2D eigenvalue weighted by molar-refractivity contribution is -0.385. The van der Waals surface area contributed by atoms with Gasteiger partial charge in [0.15, 0.2) is 0 Å². The highest BCUT2D eigenvalue weighted by Gasteiger charge is 2.34. The molecular weight excluding hydrogens is 293 g/mol. The van der Waals surface area contributed by atoms with E-state index < -0.39 is 46.0 Å². The Kier molecular flexibility index (Phi) is 4.57. The molecule has 116 valence electrons. The molecule has 0 heterocycles. The van der Waals surface area contributed by atoms with Crippen molar-refractivity contribution in [2.45, 2.75) is 25.6 Å². The minimum absolute atomic E-state index is 0.355. The second kappa shape index (κ2) is 5.68. The molecule has 0 unspecified atom stereocenters. The molecule has 0 saturated heterocycles. The Labute approximate surface area is 117 Å². The summed E-state index contributed by atoms with van der Waals surface area (Å²) in [5, 5.41) is 22.0. The van der Waals surface area contributed by atoms with Crippen LogP contribution in [0.15, 0.2) is 18.2 Å². The van der Waals surface area contributed by atoms with E-state index in [2.05, 4.69) is 5.32 Å². The monoisotopic (exact) mass is 306 g/mol. The highest BCUT2D eigenvalue weighted by molar-refractivity contribution is 5.95. The van der Waals surface area contributed by atoms with Gasteiger partial charge in [-0.1, -0.05) is 0 Å². The zero-order chi connectivity index (χ0) is 16.4. The first-order chi connectivity index (χ1) is 9.46. The number of rotatable bonds is 4. The quantitative estimate of drug-likeness (QED) is 0.658. The number of nitrogens with zero attached hydrogens (tertiary/aromatic N) is 1. The Bertz CT molecular complexity index is 570. The molecule has 0 aliphatic carbocycles. The second-order valence-corrected chi connectivity index (χ2v) is 5.02. The Morgan fingerprint density at radius 3 is 2.33 bits per heavy atom. The maximum absolute atomic E-state index is 12.7. The maximum atomic E-state index is 12.7. The summed E-state index contributed by atoms with van der Waals surface area (Å²) in [6.45, 7) is 2.46. The van der Waals surface area contributed by atoms with Crippen molar-refractivity contribution in [2.75, 3.05) is 6.61 Å². The molecule has 0 spiro atoms. The van der Waals surface area contributed by atoms with E-state index in [0.29, 0.717) is 12.1 Å². The van der Waals surface area contributed by atoms with E-state index in [9.17, 15) is 28.1 Å². The van der Waals surface area contributed by atoms with Gasteiger partial charge in [-0.05, 0) is 19.9 Å². The number of nitro groups is 1. The number of aliphatic hydroxyl groups excluding tert-OH is 1. The summed E-state index contributed by atoms with van der Waals surface area (Å²) in [4.78, 5) is 21.5. The zero-order valence-corrected chi connectivity index (χ0v) is 11.2. The van der Waals surface area contributed by atoms with E-state index in [1.54, 1.807) is 0 Å². The van der Waals surface area contributed by atoms with Crippen molar-refractivity contribution < 1.29 is 28.0 Å². The average molecular weight is 306 g/mol. The Morgan fingerprint density at radius 1 is 1.33 bits per heavy atom. The van der Waals surface area contributed by atoms with Crippen LogP contribution in [0.2, 0.25) is 0 Å². The fraction of sp³-hybridized carbons (Fsp3) is 0.417. The summed E-state index contributed by atoms with van der Waals surface area (Å²) >= 11 is 0. The van der Waals surface area contributed by atoms with Crippen LogP contribution in [-0.4, -0.2) is 28.1 Å². The van der Waals surface area contributed by atoms with E-state index in [4.69, 9.17) is 5.11 Å². The number of aliphatic hydroxyl groups is 1. The van der Waals surface area contributed by atoms with Crippen LogP contribution in [-0.2, 0) is 6.18 Å². The van der Waals surface area contributed by atoms with Crippen LogP contribution in [0.4, 0.5) is 18.9 Å². The van der Waals surface area contributed by atoms with Crippen molar-refractivity contribution in [3.05, 3.63) is 39.4 Å². The van der Waals surface area contributed by atoms with Gasteiger partial charge in [0.2, 0.25) is 0 Å². The minimum atomic E-state index is -4.81. The van der Waals surface area contributed by atoms with Crippen LogP contribution in [0.3, 0.4) is 0 Å². The topological polar surface area (TPSA) is 92.5 Å². The van der Waals surface area contributed by atoms with Crippen molar-refractivity contribution in [3.63, 3.8) is 0 Å². The molecule has 21 heavy (non-hydrogen) atoms. The van der Waals surface area contributed by atoms with Crippen molar-refractivity contribution in [1.82, 2.24) is 5.32 Å². The highest BCUT2D eigenvalue weighted by atomic mass is 19.4. The normalized spacial score (nSPS) is 12.1. The Balaban J connectivity index is 3.26. The first kappa shape index (κ1) is 16.9. The van der Waals surface area contributed by atoms with Gasteiger partial charge in [-0.3, -0.25) is 14.9 Å². The summed E-state index contributed by atoms with van der Waals surface area (Å²) in [5.74, 6) is -0.941. The van der Waals surface area contributed by atoms with Crippen LogP contribution in [0.25, 0.3) is 0 Å². The van der Waals surface area contributed by atoms with E-state index in [1.165, 1.54) is 13.8 Å². The molecule has 0 saturated carbocycles. The average Bonchev–Trinajstić information content (AvgIpc) is 2.36. The fourth-order valence-corrected chi connectivity index (χ4v) is 1.43. The van der Waals surface area contributed by atoms with E-state index in [-0.39, 0.29) is 0 Å². The Morgan fingerprint density at radius 2 is 1.90 bits per heavy atom. The van der Waals surface area contributed by atoms with Gasteiger partial charge in [0.25, 0.3) is 11.6 Å². The zero-order valence-electron chi connectivity index (χ0n) is 11.2. The van der Waals surface area contributed by atoms with Gasteiger partial charge in [-0.25, -0.2) is 0 Å². The summed E-state index contributed by atoms with van der Waals surface area (Å²) in [6.07, 6.45) is -4.81. The van der Waals surface area contributed by atoms with Gasteiger partial charge < -0.3 is 10.4 Å². The van der Waals surface area contributed by atoms with Gasteiger partial charge in [0.1, 0.15) is 0 Å². The Hall–Kier alpha value is -2.16. The third-order valence-electron chi connectivity index (χ3n) is 2.57. The molecule has 0 atom stereocenters. The van der Waals surface area contributed by atoms with Crippen molar-refractivity contribution >= 4 is 11.6 Å². The molecule has 2 N–H and O–H groups in total. The van der Waals surface area contributed by atoms with Crippen molar-refractivity contribution in [2.24, 2.45) is 0 Å². The standard InChI is InChI=1S/C12H13F3N2O4/c1-11(2,6-18)16-10(19)7-3-8(12(13,14)15)5-9(4-7)17(20)21/h3-5,18H,6H2,1-2H3,(H,16,19). The molecule has 0 aliphatic rings. The maximum Gasteiger partial charge on any atom is 0.416 e. The smallest absolute Gasteiger partial charge is 0.394 e. The molecule has 0 fully saturated rings. The number of benzene rings is 1. The largest absolute Gasteiger partial charge is 0.416 e.